The molecule has 11 heteroatoms. The Balaban J connectivity index is 1.25. The number of pyridine rings is 2. The van der Waals surface area contributed by atoms with Crippen molar-refractivity contribution in [2.75, 3.05) is 25.5 Å². The van der Waals surface area contributed by atoms with Gasteiger partial charge in [0.05, 0.1) is 29.7 Å². The zero-order valence-corrected chi connectivity index (χ0v) is 19.5. The van der Waals surface area contributed by atoms with Gasteiger partial charge in [-0.3, -0.25) is 4.79 Å². The van der Waals surface area contributed by atoms with Gasteiger partial charge in [0.25, 0.3) is 5.91 Å². The third-order valence-corrected chi connectivity index (χ3v) is 6.48. The van der Waals surface area contributed by atoms with E-state index in [0.717, 1.165) is 12.0 Å². The van der Waals surface area contributed by atoms with Gasteiger partial charge >= 0.3 is 0 Å². The van der Waals surface area contributed by atoms with Gasteiger partial charge in [0.15, 0.2) is 5.76 Å². The minimum absolute atomic E-state index is 0.0197. The summed E-state index contributed by atoms with van der Waals surface area (Å²) < 4.78 is 11.0. The summed E-state index contributed by atoms with van der Waals surface area (Å²) in [6.45, 7) is 1.00. The predicted octanol–water partition coefficient (Wildman–Crippen LogP) is 2.57. The van der Waals surface area contributed by atoms with Crippen molar-refractivity contribution in [2.45, 2.75) is 24.5 Å². The third-order valence-electron chi connectivity index (χ3n) is 6.48. The van der Waals surface area contributed by atoms with Crippen LogP contribution >= 0.6 is 0 Å². The molecule has 2 aliphatic rings. The molecule has 4 aromatic rings. The Morgan fingerprint density at radius 3 is 2.72 bits per heavy atom. The smallest absolute Gasteiger partial charge is 0.262 e. The van der Waals surface area contributed by atoms with Crippen molar-refractivity contribution in [3.63, 3.8) is 0 Å². The molecule has 2 aliphatic heterocycles. The number of carbonyl (C=O) groups is 1. The number of likely N-dealkylation sites (tertiary alicyclic amines) is 1. The van der Waals surface area contributed by atoms with Gasteiger partial charge < -0.3 is 24.6 Å². The first-order valence-electron chi connectivity index (χ1n) is 11.6. The highest BCUT2D eigenvalue weighted by Crippen LogP contribution is 2.35. The summed E-state index contributed by atoms with van der Waals surface area (Å²) in [7, 11) is 1.64. The van der Waals surface area contributed by atoms with E-state index in [1.54, 1.807) is 37.6 Å². The number of aliphatic hydroxyl groups is 1. The number of nitrogens with one attached hydrogen (secondary N) is 1. The first-order valence-corrected chi connectivity index (χ1v) is 11.6. The van der Waals surface area contributed by atoms with Crippen molar-refractivity contribution in [3.8, 4) is 28.7 Å². The third kappa shape index (κ3) is 3.83. The number of carbonyl (C=O) groups excluding carboxylic acids is 1. The molecule has 2 atom stereocenters. The average Bonchev–Trinajstić information content (AvgIpc) is 3.52. The van der Waals surface area contributed by atoms with E-state index in [4.69, 9.17) is 9.26 Å². The van der Waals surface area contributed by atoms with Gasteiger partial charge in [-0.2, -0.15) is 0 Å². The number of rotatable bonds is 5. The minimum atomic E-state index is -1.71. The maximum atomic E-state index is 12.4. The Morgan fingerprint density at radius 1 is 1.06 bits per heavy atom. The summed E-state index contributed by atoms with van der Waals surface area (Å²) in [6.07, 6.45) is 4.39. The number of ether oxygens (including phenoxy) is 1. The molecule has 11 nitrogen and oxygen atoms in total. The normalized spacial score (nSPS) is 21.2. The molecule has 0 saturated carbocycles. The first-order chi connectivity index (χ1) is 17.5. The highest BCUT2D eigenvalue weighted by molar-refractivity contribution is 5.87. The molecule has 2 N–H and O–H groups in total. The lowest BCUT2D eigenvalue weighted by Crippen LogP contribution is -2.35. The fourth-order valence-electron chi connectivity index (χ4n) is 4.49. The van der Waals surface area contributed by atoms with Crippen molar-refractivity contribution < 1.29 is 19.2 Å². The number of hydrogen-bond acceptors (Lipinski definition) is 10. The molecule has 0 radical (unpaired) electrons. The van der Waals surface area contributed by atoms with Gasteiger partial charge in [-0.1, -0.05) is 17.3 Å². The van der Waals surface area contributed by atoms with Crippen molar-refractivity contribution in [1.29, 1.82) is 0 Å². The highest BCUT2D eigenvalue weighted by atomic mass is 16.5. The number of fused-ring (bicyclic) bond motifs is 1. The van der Waals surface area contributed by atoms with Crippen molar-refractivity contribution in [3.05, 3.63) is 66.2 Å². The van der Waals surface area contributed by atoms with E-state index >= 15 is 0 Å². The lowest BCUT2D eigenvalue weighted by atomic mass is 9.98. The molecule has 0 aliphatic carbocycles. The lowest BCUT2D eigenvalue weighted by Gasteiger charge is -2.25. The number of likely N-dealkylation sites (N-methyl/N-ethyl adjacent to an activating group) is 1. The van der Waals surface area contributed by atoms with Crippen LogP contribution in [0.25, 0.3) is 22.8 Å². The van der Waals surface area contributed by atoms with Crippen LogP contribution in [0, 0.1) is 0 Å². The zero-order chi connectivity index (χ0) is 24.7. The molecule has 1 fully saturated rings. The fourth-order valence-corrected chi connectivity index (χ4v) is 4.49. The number of nitrogens with zero attached hydrogens (tertiary/aromatic N) is 6. The number of amides is 1. The van der Waals surface area contributed by atoms with Crippen LogP contribution < -0.4 is 10.1 Å². The maximum Gasteiger partial charge on any atom is 0.262 e. The first kappa shape index (κ1) is 22.1. The summed E-state index contributed by atoms with van der Waals surface area (Å²) in [5.41, 5.74) is 1.45. The van der Waals surface area contributed by atoms with Gasteiger partial charge in [0.1, 0.15) is 5.69 Å². The summed E-state index contributed by atoms with van der Waals surface area (Å²) in [6, 6.07) is 12.6. The molecule has 4 aromatic heterocycles. The molecule has 0 aromatic carbocycles. The van der Waals surface area contributed by atoms with E-state index in [9.17, 15) is 9.90 Å². The van der Waals surface area contributed by atoms with Gasteiger partial charge in [-0.25, -0.2) is 19.9 Å². The lowest BCUT2D eigenvalue weighted by molar-refractivity contribution is -0.144. The van der Waals surface area contributed by atoms with Gasteiger partial charge in [-0.15, -0.1) is 0 Å². The molecule has 1 saturated heterocycles. The summed E-state index contributed by atoms with van der Waals surface area (Å²) in [5, 5.41) is 18.3. The van der Waals surface area contributed by atoms with Crippen LogP contribution in [0.4, 0.5) is 5.95 Å². The van der Waals surface area contributed by atoms with E-state index in [1.807, 2.05) is 24.3 Å². The SMILES string of the molecule is CN1CCC(O)(c2cc(-c3cccc(-c4ccnc(NC5CCOc6ncccc65)n4)n3)no2)C1=O. The molecule has 6 heterocycles. The largest absolute Gasteiger partial charge is 0.477 e. The van der Waals surface area contributed by atoms with Crippen LogP contribution in [-0.4, -0.2) is 61.2 Å². The number of hydrogen-bond donors (Lipinski definition) is 2. The van der Waals surface area contributed by atoms with E-state index in [2.05, 4.69) is 30.4 Å². The number of aromatic nitrogens is 5. The van der Waals surface area contributed by atoms with Crippen LogP contribution in [-0.2, 0) is 10.4 Å². The van der Waals surface area contributed by atoms with Crippen molar-refractivity contribution in [1.82, 2.24) is 30.0 Å². The van der Waals surface area contributed by atoms with Crippen LogP contribution in [0.5, 0.6) is 5.88 Å². The maximum absolute atomic E-state index is 12.4. The zero-order valence-electron chi connectivity index (χ0n) is 19.5. The molecule has 182 valence electrons. The minimum Gasteiger partial charge on any atom is -0.477 e. The molecule has 0 bridgehead atoms. The molecule has 36 heavy (non-hydrogen) atoms. The van der Waals surface area contributed by atoms with Crippen LogP contribution in [0.15, 0.2) is 59.4 Å². The Morgan fingerprint density at radius 2 is 1.89 bits per heavy atom. The Bertz CT molecular complexity index is 1440. The van der Waals surface area contributed by atoms with E-state index < -0.39 is 11.5 Å². The van der Waals surface area contributed by atoms with Gasteiger partial charge in [-0.05, 0) is 24.3 Å². The topological polar surface area (TPSA) is 139 Å². The highest BCUT2D eigenvalue weighted by Gasteiger charge is 2.48. The Kier molecular flexibility index (Phi) is 5.33. The van der Waals surface area contributed by atoms with Crippen LogP contribution in [0.3, 0.4) is 0 Å². The second-order valence-corrected chi connectivity index (χ2v) is 8.82. The second-order valence-electron chi connectivity index (χ2n) is 8.82. The Hall–Kier alpha value is -4.38. The monoisotopic (exact) mass is 485 g/mol. The average molecular weight is 486 g/mol. The predicted molar refractivity (Wildman–Crippen MR) is 128 cm³/mol. The fraction of sp³-hybridized carbons (Fsp3) is 0.280. The molecule has 1 amide bonds. The van der Waals surface area contributed by atoms with Crippen LogP contribution in [0.1, 0.15) is 30.2 Å². The van der Waals surface area contributed by atoms with E-state index in [1.165, 1.54) is 4.90 Å². The standard InChI is InChI=1S/C25H23N7O4/c1-32-12-9-25(34,23(32)33)21-14-20(31-36-21)18-6-2-5-17(28-18)19-7-11-27-24(30-19)29-16-8-13-35-22-15(16)4-3-10-26-22/h2-7,10-11,14,16,34H,8-9,12-13H2,1H3,(H,27,29,30). The van der Waals surface area contributed by atoms with Crippen LogP contribution in [0.2, 0.25) is 0 Å². The number of anilines is 1. The Labute approximate surface area is 206 Å². The van der Waals surface area contributed by atoms with Gasteiger partial charge in [0, 0.05) is 50.5 Å². The van der Waals surface area contributed by atoms with Crippen molar-refractivity contribution in [2.24, 2.45) is 0 Å². The van der Waals surface area contributed by atoms with Gasteiger partial charge in [0.2, 0.25) is 17.4 Å². The summed E-state index contributed by atoms with van der Waals surface area (Å²) >= 11 is 0. The van der Waals surface area contributed by atoms with E-state index in [-0.39, 0.29) is 18.2 Å². The summed E-state index contributed by atoms with van der Waals surface area (Å²) in [5.74, 6) is 0.792. The quantitative estimate of drug-likeness (QED) is 0.433. The molecule has 0 spiro atoms. The molecule has 2 unspecified atom stereocenters. The van der Waals surface area contributed by atoms with Crippen molar-refractivity contribution >= 4 is 11.9 Å². The summed E-state index contributed by atoms with van der Waals surface area (Å²) in [4.78, 5) is 31.9. The second kappa shape index (κ2) is 8.68. The van der Waals surface area contributed by atoms with E-state index in [0.29, 0.717) is 47.8 Å². The molecule has 6 rings (SSSR count). The molecular formula is C25H23N7O4. The molecular weight excluding hydrogens is 462 g/mol.